The smallest absolute Gasteiger partial charge is 0.259 e. The molecule has 9 nitrogen and oxygen atoms in total. The van der Waals surface area contributed by atoms with Gasteiger partial charge >= 0.3 is 0 Å². The van der Waals surface area contributed by atoms with Gasteiger partial charge in [-0.2, -0.15) is 5.26 Å². The molecule has 36 heavy (non-hydrogen) atoms. The number of benzene rings is 1. The van der Waals surface area contributed by atoms with Crippen LogP contribution in [-0.2, 0) is 22.5 Å². The van der Waals surface area contributed by atoms with Crippen LogP contribution in [0.25, 0.3) is 11.1 Å². The molecule has 0 bridgehead atoms. The quantitative estimate of drug-likeness (QED) is 0.566. The molecule has 0 saturated carbocycles. The Labute approximate surface area is 212 Å². The minimum Gasteiger partial charge on any atom is -0.496 e. The number of carbonyl (C=O) groups is 2. The van der Waals surface area contributed by atoms with E-state index in [1.807, 2.05) is 11.8 Å². The number of amides is 2. The van der Waals surface area contributed by atoms with E-state index in [-0.39, 0.29) is 17.7 Å². The number of aromatic nitrogens is 2. The van der Waals surface area contributed by atoms with Crippen LogP contribution in [0.15, 0.2) is 30.5 Å². The number of nitrogens with zero attached hydrogens (tertiary/aromatic N) is 4. The van der Waals surface area contributed by atoms with E-state index in [4.69, 9.17) is 9.47 Å². The zero-order valence-corrected chi connectivity index (χ0v) is 20.9. The summed E-state index contributed by atoms with van der Waals surface area (Å²) >= 11 is 1.38. The second-order valence-corrected chi connectivity index (χ2v) is 9.90. The number of aryl methyl sites for hydroxylation is 1. The van der Waals surface area contributed by atoms with Gasteiger partial charge in [0.1, 0.15) is 5.75 Å². The Kier molecular flexibility index (Phi) is 6.67. The molecule has 0 aliphatic carbocycles. The molecule has 4 heterocycles. The van der Waals surface area contributed by atoms with Crippen molar-refractivity contribution in [3.05, 3.63) is 57.9 Å². The van der Waals surface area contributed by atoms with Crippen LogP contribution in [0.2, 0.25) is 0 Å². The van der Waals surface area contributed by atoms with Crippen molar-refractivity contribution in [2.45, 2.75) is 26.3 Å². The number of rotatable bonds is 5. The van der Waals surface area contributed by atoms with Crippen LogP contribution in [-0.4, -0.2) is 53.6 Å². The lowest BCUT2D eigenvalue weighted by Gasteiger charge is -2.28. The number of thiazole rings is 1. The van der Waals surface area contributed by atoms with Gasteiger partial charge in [-0.25, -0.2) is 4.98 Å². The maximum absolute atomic E-state index is 13.4. The molecular formula is C26H25N5O4S. The summed E-state index contributed by atoms with van der Waals surface area (Å²) in [4.78, 5) is 38.0. The summed E-state index contributed by atoms with van der Waals surface area (Å²) in [5, 5.41) is 12.8. The van der Waals surface area contributed by atoms with E-state index in [0.29, 0.717) is 65.9 Å². The van der Waals surface area contributed by atoms with Gasteiger partial charge in [-0.3, -0.25) is 19.9 Å². The lowest BCUT2D eigenvalue weighted by atomic mass is 9.97. The number of carbonyl (C=O) groups excluding carboxylic acids is 2. The van der Waals surface area contributed by atoms with Crippen molar-refractivity contribution in [3.63, 3.8) is 0 Å². The summed E-state index contributed by atoms with van der Waals surface area (Å²) in [5.41, 5.74) is 3.70. The number of methoxy groups -OCH3 is 1. The molecule has 10 heteroatoms. The predicted molar refractivity (Wildman–Crippen MR) is 134 cm³/mol. The third kappa shape index (κ3) is 4.67. The van der Waals surface area contributed by atoms with Gasteiger partial charge in [-0.15, -0.1) is 0 Å². The molecule has 0 unspecified atom stereocenters. The van der Waals surface area contributed by atoms with Crippen molar-refractivity contribution in [2.24, 2.45) is 5.92 Å². The average molecular weight is 504 g/mol. The molecule has 184 valence electrons. The van der Waals surface area contributed by atoms with E-state index >= 15 is 0 Å². The molecule has 2 aliphatic heterocycles. The molecule has 1 saturated heterocycles. The van der Waals surface area contributed by atoms with Gasteiger partial charge in [-0.05, 0) is 37.6 Å². The van der Waals surface area contributed by atoms with Crippen molar-refractivity contribution in [3.8, 4) is 22.9 Å². The van der Waals surface area contributed by atoms with Crippen molar-refractivity contribution in [1.29, 1.82) is 5.26 Å². The fraction of sp³-hybridized carbons (Fsp3) is 0.346. The maximum atomic E-state index is 13.4. The first-order chi connectivity index (χ1) is 17.5. The second-order valence-electron chi connectivity index (χ2n) is 8.81. The Morgan fingerprint density at radius 1 is 1.31 bits per heavy atom. The number of pyridine rings is 1. The molecule has 1 N–H and O–H groups in total. The zero-order chi connectivity index (χ0) is 25.2. The van der Waals surface area contributed by atoms with Gasteiger partial charge in [-0.1, -0.05) is 11.3 Å². The molecule has 3 aromatic rings. The molecule has 0 radical (unpaired) electrons. The van der Waals surface area contributed by atoms with E-state index < -0.39 is 0 Å². The second kappa shape index (κ2) is 10.0. The molecular weight excluding hydrogens is 478 g/mol. The molecule has 2 aliphatic rings. The Hall–Kier alpha value is -3.81. The monoisotopic (exact) mass is 503 g/mol. The van der Waals surface area contributed by atoms with Crippen LogP contribution >= 0.6 is 11.3 Å². The van der Waals surface area contributed by atoms with E-state index in [0.717, 1.165) is 22.7 Å². The number of hydrogen-bond acceptors (Lipinski definition) is 8. The number of fused-ring (bicyclic) bond motifs is 1. The highest BCUT2D eigenvalue weighted by molar-refractivity contribution is 7.15. The summed E-state index contributed by atoms with van der Waals surface area (Å²) in [6.07, 6.45) is 2.94. The van der Waals surface area contributed by atoms with Crippen LogP contribution in [0.1, 0.15) is 38.6 Å². The highest BCUT2D eigenvalue weighted by atomic mass is 32.1. The first-order valence-electron chi connectivity index (χ1n) is 11.7. The summed E-state index contributed by atoms with van der Waals surface area (Å²) in [5.74, 6) is 0.253. The van der Waals surface area contributed by atoms with E-state index in [1.54, 1.807) is 31.4 Å². The summed E-state index contributed by atoms with van der Waals surface area (Å²) in [6.45, 7) is 4.07. The molecule has 1 aromatic carbocycles. The fourth-order valence-corrected chi connectivity index (χ4v) is 5.56. The number of ether oxygens (including phenoxy) is 2. The number of nitrogens with one attached hydrogen (secondary N) is 1. The van der Waals surface area contributed by atoms with Crippen molar-refractivity contribution < 1.29 is 19.1 Å². The first kappa shape index (κ1) is 23.9. The largest absolute Gasteiger partial charge is 0.496 e. The van der Waals surface area contributed by atoms with Crippen LogP contribution < -0.4 is 10.1 Å². The molecule has 2 amide bonds. The standard InChI is InChI=1S/C26H25N5O4S/c1-15-9-18(19-10-16(11-27)3-4-22(19)34-2)20(12-28-15)24(32)30-26-29-21-5-7-31(13-23(21)36-26)25(33)17-6-8-35-14-17/h3-4,9-10,12,17H,5-8,13-14H2,1-2H3,(H,29,30,32)/t17-/m0/s1. The highest BCUT2D eigenvalue weighted by Gasteiger charge is 2.31. The van der Waals surface area contributed by atoms with E-state index in [2.05, 4.69) is 21.4 Å². The number of anilines is 1. The topological polar surface area (TPSA) is 117 Å². The van der Waals surface area contributed by atoms with E-state index in [1.165, 1.54) is 17.5 Å². The van der Waals surface area contributed by atoms with Crippen LogP contribution in [0.4, 0.5) is 5.13 Å². The summed E-state index contributed by atoms with van der Waals surface area (Å²) in [6, 6.07) is 9.02. The minimum absolute atomic E-state index is 0.0670. The van der Waals surface area contributed by atoms with Crippen LogP contribution in [0.5, 0.6) is 5.75 Å². The Morgan fingerprint density at radius 2 is 2.17 bits per heavy atom. The van der Waals surface area contributed by atoms with E-state index in [9.17, 15) is 14.9 Å². The molecule has 2 aromatic heterocycles. The number of hydrogen-bond donors (Lipinski definition) is 1. The van der Waals surface area contributed by atoms with Gasteiger partial charge in [0.25, 0.3) is 5.91 Å². The normalized spacial score (nSPS) is 16.8. The Morgan fingerprint density at radius 3 is 2.92 bits per heavy atom. The SMILES string of the molecule is COc1ccc(C#N)cc1-c1cc(C)ncc1C(=O)Nc1nc2c(s1)CN(C(=O)[C@H]1CCOC1)CC2. The first-order valence-corrected chi connectivity index (χ1v) is 12.5. The lowest BCUT2D eigenvalue weighted by Crippen LogP contribution is -2.39. The third-order valence-electron chi connectivity index (χ3n) is 6.45. The Balaban J connectivity index is 1.39. The zero-order valence-electron chi connectivity index (χ0n) is 20.0. The van der Waals surface area contributed by atoms with Crippen molar-refractivity contribution >= 4 is 28.3 Å². The molecule has 0 spiro atoms. The van der Waals surface area contributed by atoms with Crippen molar-refractivity contribution in [1.82, 2.24) is 14.9 Å². The average Bonchev–Trinajstić information content (AvgIpc) is 3.57. The molecule has 1 fully saturated rings. The van der Waals surface area contributed by atoms with Crippen LogP contribution in [0, 0.1) is 24.2 Å². The maximum Gasteiger partial charge on any atom is 0.259 e. The number of nitriles is 1. The fourth-order valence-electron chi connectivity index (χ4n) is 4.54. The van der Waals surface area contributed by atoms with Gasteiger partial charge in [0, 0.05) is 47.5 Å². The summed E-state index contributed by atoms with van der Waals surface area (Å²) < 4.78 is 10.9. The summed E-state index contributed by atoms with van der Waals surface area (Å²) in [7, 11) is 1.55. The van der Waals surface area contributed by atoms with Crippen molar-refractivity contribution in [2.75, 3.05) is 32.2 Å². The molecule has 5 rings (SSSR count). The van der Waals surface area contributed by atoms with Gasteiger partial charge in [0.05, 0.1) is 49.1 Å². The van der Waals surface area contributed by atoms with Crippen LogP contribution in [0.3, 0.4) is 0 Å². The predicted octanol–water partition coefficient (Wildman–Crippen LogP) is 3.57. The van der Waals surface area contributed by atoms with Gasteiger partial charge < -0.3 is 14.4 Å². The lowest BCUT2D eigenvalue weighted by molar-refractivity contribution is -0.136. The minimum atomic E-state index is -0.357. The van der Waals surface area contributed by atoms with Gasteiger partial charge in [0.2, 0.25) is 5.91 Å². The third-order valence-corrected chi connectivity index (χ3v) is 7.44. The van der Waals surface area contributed by atoms with Gasteiger partial charge in [0.15, 0.2) is 5.13 Å². The highest BCUT2D eigenvalue weighted by Crippen LogP contribution is 2.35. The molecule has 1 atom stereocenters. The Bertz CT molecular complexity index is 1370.